The summed E-state index contributed by atoms with van der Waals surface area (Å²) in [6.45, 7) is 9.46. The number of imide groups is 1. The lowest BCUT2D eigenvalue weighted by atomic mass is 9.82. The Kier molecular flexibility index (Phi) is 9.86. The van der Waals surface area contributed by atoms with E-state index in [0.717, 1.165) is 19.4 Å². The summed E-state index contributed by atoms with van der Waals surface area (Å²) in [5, 5.41) is 6.62. The summed E-state index contributed by atoms with van der Waals surface area (Å²) in [6.07, 6.45) is 2.39. The quantitative estimate of drug-likeness (QED) is 0.473. The molecule has 1 aliphatic rings. The van der Waals surface area contributed by atoms with E-state index >= 15 is 0 Å². The zero-order chi connectivity index (χ0) is 24.8. The fourth-order valence-corrected chi connectivity index (χ4v) is 6.27. The van der Waals surface area contributed by atoms with Crippen LogP contribution in [-0.2, 0) is 14.8 Å². The lowest BCUT2D eigenvalue weighted by Gasteiger charge is -2.37. The van der Waals surface area contributed by atoms with Gasteiger partial charge >= 0.3 is 6.03 Å². The van der Waals surface area contributed by atoms with Crippen molar-refractivity contribution < 1.29 is 27.4 Å². The van der Waals surface area contributed by atoms with Gasteiger partial charge in [-0.15, -0.1) is 0 Å². The normalized spacial score (nSPS) is 19.6. The fraction of sp³-hybridized carbons (Fsp3) is 0.773. The third-order valence-electron chi connectivity index (χ3n) is 6.37. The smallest absolute Gasteiger partial charge is 0.324 e. The summed E-state index contributed by atoms with van der Waals surface area (Å²) < 4.78 is 32.9. The molecular formula is C22H40N5O5S+. The number of urea groups is 1. The standard InChI is InChI=1S/C22H39N5O5S/c1-7-18-15-26(33(30,31)21-16(3)24-32-17(21)4)13-10-19(18)14-20(28)27(8-2)22(29)23-11-9-12-25(5)6/h18-19H,7-15H2,1-6H3,(H,23,29)/p+1/t18-,19-/m0/s1. The third-order valence-corrected chi connectivity index (χ3v) is 8.48. The van der Waals surface area contributed by atoms with E-state index in [1.54, 1.807) is 20.8 Å². The zero-order valence-corrected chi connectivity index (χ0v) is 21.6. The number of nitrogens with one attached hydrogen (secondary N) is 2. The Bertz CT molecular complexity index is 895. The molecule has 0 spiro atoms. The van der Waals surface area contributed by atoms with Gasteiger partial charge in [0.05, 0.1) is 20.6 Å². The Labute approximate surface area is 197 Å². The average molecular weight is 487 g/mol. The van der Waals surface area contributed by atoms with E-state index in [-0.39, 0.29) is 40.9 Å². The Hall–Kier alpha value is -1.98. The van der Waals surface area contributed by atoms with Crippen LogP contribution < -0.4 is 10.2 Å². The lowest BCUT2D eigenvalue weighted by Crippen LogP contribution is -3.05. The molecule has 2 atom stereocenters. The largest absolute Gasteiger partial charge is 0.360 e. The van der Waals surface area contributed by atoms with Crippen molar-refractivity contribution in [2.75, 3.05) is 46.8 Å². The average Bonchev–Trinajstić information content (AvgIpc) is 3.10. The van der Waals surface area contributed by atoms with Crippen LogP contribution in [0.2, 0.25) is 0 Å². The Morgan fingerprint density at radius 3 is 2.48 bits per heavy atom. The minimum atomic E-state index is -3.71. The molecule has 2 heterocycles. The van der Waals surface area contributed by atoms with Gasteiger partial charge in [-0.05, 0) is 39.0 Å². The topological polar surface area (TPSA) is 117 Å². The van der Waals surface area contributed by atoms with Crippen LogP contribution in [0.15, 0.2) is 9.42 Å². The van der Waals surface area contributed by atoms with Crippen LogP contribution in [0.5, 0.6) is 0 Å². The Balaban J connectivity index is 2.00. The van der Waals surface area contributed by atoms with Crippen molar-refractivity contribution in [1.82, 2.24) is 19.7 Å². The molecule has 188 valence electrons. The van der Waals surface area contributed by atoms with Gasteiger partial charge in [0.1, 0.15) is 10.6 Å². The van der Waals surface area contributed by atoms with Crippen LogP contribution in [0.4, 0.5) is 4.79 Å². The highest BCUT2D eigenvalue weighted by Crippen LogP contribution is 2.33. The van der Waals surface area contributed by atoms with Gasteiger partial charge in [0.25, 0.3) is 0 Å². The van der Waals surface area contributed by atoms with Gasteiger partial charge in [0.15, 0.2) is 5.76 Å². The maximum Gasteiger partial charge on any atom is 0.324 e. The van der Waals surface area contributed by atoms with Gasteiger partial charge in [0, 0.05) is 39.0 Å². The molecule has 1 saturated heterocycles. The number of rotatable bonds is 10. The van der Waals surface area contributed by atoms with E-state index in [4.69, 9.17) is 4.52 Å². The first-order valence-electron chi connectivity index (χ1n) is 11.8. The summed E-state index contributed by atoms with van der Waals surface area (Å²) in [4.78, 5) is 28.2. The van der Waals surface area contributed by atoms with Gasteiger partial charge in [-0.25, -0.2) is 13.2 Å². The number of quaternary nitrogens is 1. The molecule has 0 bridgehead atoms. The molecule has 3 amide bonds. The molecule has 1 fully saturated rings. The molecule has 0 radical (unpaired) electrons. The minimum absolute atomic E-state index is 0.0257. The number of aryl methyl sites for hydroxylation is 2. The summed E-state index contributed by atoms with van der Waals surface area (Å²) in [5.41, 5.74) is 0.356. The lowest BCUT2D eigenvalue weighted by molar-refractivity contribution is -0.858. The summed E-state index contributed by atoms with van der Waals surface area (Å²) in [7, 11) is 0.396. The van der Waals surface area contributed by atoms with E-state index in [1.807, 2.05) is 6.92 Å². The second kappa shape index (κ2) is 11.9. The third kappa shape index (κ3) is 6.77. The van der Waals surface area contributed by atoms with Crippen LogP contribution in [0.25, 0.3) is 0 Å². The summed E-state index contributed by atoms with van der Waals surface area (Å²) in [6, 6.07) is -0.359. The number of piperidine rings is 1. The first-order valence-corrected chi connectivity index (χ1v) is 13.3. The van der Waals surface area contributed by atoms with Gasteiger partial charge in [-0.1, -0.05) is 18.5 Å². The number of carbonyl (C=O) groups excluding carboxylic acids is 2. The van der Waals surface area contributed by atoms with Crippen LogP contribution in [0.3, 0.4) is 0 Å². The van der Waals surface area contributed by atoms with E-state index < -0.39 is 10.0 Å². The fourth-order valence-electron chi connectivity index (χ4n) is 4.47. The van der Waals surface area contributed by atoms with E-state index in [9.17, 15) is 18.0 Å². The van der Waals surface area contributed by atoms with Gasteiger partial charge in [0.2, 0.25) is 15.9 Å². The number of aromatic nitrogens is 1. The van der Waals surface area contributed by atoms with Crippen LogP contribution in [0, 0.1) is 25.7 Å². The van der Waals surface area contributed by atoms with Gasteiger partial charge in [-0.3, -0.25) is 9.69 Å². The maximum absolute atomic E-state index is 13.2. The highest BCUT2D eigenvalue weighted by molar-refractivity contribution is 7.89. The first kappa shape index (κ1) is 27.3. The molecule has 0 saturated carbocycles. The number of sulfonamides is 1. The Morgan fingerprint density at radius 2 is 1.94 bits per heavy atom. The molecule has 0 aliphatic carbocycles. The van der Waals surface area contributed by atoms with Crippen molar-refractivity contribution in [1.29, 1.82) is 0 Å². The van der Waals surface area contributed by atoms with Gasteiger partial charge in [-0.2, -0.15) is 4.31 Å². The van der Waals surface area contributed by atoms with Crippen molar-refractivity contribution in [3.05, 3.63) is 11.5 Å². The number of amides is 3. The summed E-state index contributed by atoms with van der Waals surface area (Å²) >= 11 is 0. The zero-order valence-electron chi connectivity index (χ0n) is 20.8. The van der Waals surface area contributed by atoms with Crippen molar-refractivity contribution >= 4 is 22.0 Å². The maximum atomic E-state index is 13.2. The van der Waals surface area contributed by atoms with Crippen LogP contribution in [-0.4, -0.2) is 81.5 Å². The predicted octanol–water partition coefficient (Wildman–Crippen LogP) is 0.811. The molecule has 0 aromatic carbocycles. The second-order valence-electron chi connectivity index (χ2n) is 9.12. The Morgan fingerprint density at radius 1 is 1.24 bits per heavy atom. The molecule has 33 heavy (non-hydrogen) atoms. The van der Waals surface area contributed by atoms with Crippen LogP contribution >= 0.6 is 0 Å². The number of hydrogen-bond donors (Lipinski definition) is 2. The molecule has 1 aliphatic heterocycles. The number of carbonyl (C=O) groups is 2. The second-order valence-corrected chi connectivity index (χ2v) is 11.0. The van der Waals surface area contributed by atoms with E-state index in [2.05, 4.69) is 24.6 Å². The molecule has 11 heteroatoms. The van der Waals surface area contributed by atoms with Crippen molar-refractivity contribution in [2.45, 2.75) is 58.3 Å². The van der Waals surface area contributed by atoms with E-state index in [1.165, 1.54) is 14.1 Å². The number of nitrogens with zero attached hydrogens (tertiary/aromatic N) is 3. The number of hydrogen-bond acceptors (Lipinski definition) is 6. The van der Waals surface area contributed by atoms with Crippen molar-refractivity contribution in [2.24, 2.45) is 11.8 Å². The summed E-state index contributed by atoms with van der Waals surface area (Å²) in [5.74, 6) is 0.133. The predicted molar refractivity (Wildman–Crippen MR) is 124 cm³/mol. The molecular weight excluding hydrogens is 446 g/mol. The molecule has 1 aromatic heterocycles. The van der Waals surface area contributed by atoms with Crippen molar-refractivity contribution in [3.63, 3.8) is 0 Å². The molecule has 2 rings (SSSR count). The minimum Gasteiger partial charge on any atom is -0.360 e. The molecule has 1 aromatic rings. The van der Waals surface area contributed by atoms with Crippen molar-refractivity contribution in [3.8, 4) is 0 Å². The highest BCUT2D eigenvalue weighted by atomic mass is 32.2. The van der Waals surface area contributed by atoms with Crippen LogP contribution in [0.1, 0.15) is 51.0 Å². The monoisotopic (exact) mass is 486 g/mol. The SMILES string of the molecule is CC[C@H]1CN(S(=O)(=O)c2c(C)noc2C)CC[C@H]1CC(=O)N(CC)C(=O)NCCC[NH+](C)C. The molecule has 10 nitrogen and oxygen atoms in total. The molecule has 2 N–H and O–H groups in total. The van der Waals surface area contributed by atoms with Gasteiger partial charge < -0.3 is 14.7 Å². The van der Waals surface area contributed by atoms with E-state index in [0.29, 0.717) is 38.3 Å². The highest BCUT2D eigenvalue weighted by Gasteiger charge is 2.38. The first-order chi connectivity index (χ1) is 15.5. The molecule has 0 unspecified atom stereocenters.